The lowest BCUT2D eigenvalue weighted by Gasteiger charge is -2.15. The smallest absolute Gasteiger partial charge is 0.387 e. The molecule has 8 nitrogen and oxygen atoms in total. The molecule has 2 rings (SSSR count). The second kappa shape index (κ2) is 10.3. The van der Waals surface area contributed by atoms with Crippen LogP contribution in [0.1, 0.15) is 18.3 Å². The Hall–Kier alpha value is -2.91. The zero-order chi connectivity index (χ0) is 19.6. The van der Waals surface area contributed by atoms with Crippen LogP contribution in [0.5, 0.6) is 11.5 Å². The quantitative estimate of drug-likeness (QED) is 0.508. The van der Waals surface area contributed by atoms with Gasteiger partial charge in [0.2, 0.25) is 0 Å². The number of nitrogens with zero attached hydrogens (tertiary/aromatic N) is 4. The van der Waals surface area contributed by atoms with Crippen molar-refractivity contribution >= 4 is 5.96 Å². The summed E-state index contributed by atoms with van der Waals surface area (Å²) in [5.41, 5.74) is 0.532. The van der Waals surface area contributed by atoms with Crippen molar-refractivity contribution in [1.29, 1.82) is 0 Å². The Morgan fingerprint density at radius 3 is 2.81 bits per heavy atom. The summed E-state index contributed by atoms with van der Waals surface area (Å²) in [5, 5.41) is 14.2. The molecule has 0 aliphatic carbocycles. The van der Waals surface area contributed by atoms with Crippen molar-refractivity contribution in [2.45, 2.75) is 33.0 Å². The molecule has 0 aliphatic heterocycles. The van der Waals surface area contributed by atoms with Crippen LogP contribution in [0.4, 0.5) is 8.78 Å². The van der Waals surface area contributed by atoms with Crippen LogP contribution in [0.2, 0.25) is 0 Å². The van der Waals surface area contributed by atoms with Gasteiger partial charge >= 0.3 is 6.61 Å². The molecule has 0 saturated heterocycles. The summed E-state index contributed by atoms with van der Waals surface area (Å²) in [7, 11) is 3.14. The molecular formula is C17H24F2N6O2. The average molecular weight is 382 g/mol. The summed E-state index contributed by atoms with van der Waals surface area (Å²) in [4.78, 5) is 4.13. The zero-order valence-corrected chi connectivity index (χ0v) is 15.6. The van der Waals surface area contributed by atoms with E-state index in [0.29, 0.717) is 30.4 Å². The molecule has 0 spiro atoms. The largest absolute Gasteiger partial charge is 0.497 e. The maximum absolute atomic E-state index is 12.6. The van der Waals surface area contributed by atoms with Crippen LogP contribution in [0.3, 0.4) is 0 Å². The van der Waals surface area contributed by atoms with E-state index < -0.39 is 6.61 Å². The Labute approximate surface area is 156 Å². The van der Waals surface area contributed by atoms with Gasteiger partial charge in [-0.25, -0.2) is 0 Å². The van der Waals surface area contributed by atoms with Crippen LogP contribution in [0.25, 0.3) is 0 Å². The molecule has 2 N–H and O–H groups in total. The molecule has 0 radical (unpaired) electrons. The fraction of sp³-hybridized carbons (Fsp3) is 0.471. The van der Waals surface area contributed by atoms with Gasteiger partial charge in [-0.3, -0.25) is 4.99 Å². The van der Waals surface area contributed by atoms with Gasteiger partial charge in [0.1, 0.15) is 23.7 Å². The average Bonchev–Trinajstić information content (AvgIpc) is 3.12. The highest BCUT2D eigenvalue weighted by molar-refractivity contribution is 5.79. The first-order valence-electron chi connectivity index (χ1n) is 8.50. The number of benzene rings is 1. The molecule has 0 unspecified atom stereocenters. The number of halogens is 2. The number of alkyl halides is 2. The zero-order valence-electron chi connectivity index (χ0n) is 15.6. The second-order valence-electron chi connectivity index (χ2n) is 5.50. The monoisotopic (exact) mass is 382 g/mol. The molecule has 0 bridgehead atoms. The van der Waals surface area contributed by atoms with Crippen LogP contribution in [0, 0.1) is 0 Å². The summed E-state index contributed by atoms with van der Waals surface area (Å²) in [6.07, 6.45) is 2.48. The highest BCUT2D eigenvalue weighted by atomic mass is 19.3. The molecule has 2 aromatic rings. The Kier molecular flexibility index (Phi) is 7.78. The Morgan fingerprint density at radius 1 is 1.33 bits per heavy atom. The summed E-state index contributed by atoms with van der Waals surface area (Å²) in [5.74, 6) is 2.08. The third-order valence-corrected chi connectivity index (χ3v) is 3.81. The van der Waals surface area contributed by atoms with E-state index >= 15 is 0 Å². The lowest BCUT2D eigenvalue weighted by molar-refractivity contribution is -0.0504. The van der Waals surface area contributed by atoms with Crippen LogP contribution >= 0.6 is 0 Å². The van der Waals surface area contributed by atoms with Crippen LogP contribution in [-0.4, -0.2) is 48.0 Å². The van der Waals surface area contributed by atoms with Gasteiger partial charge in [0.15, 0.2) is 5.96 Å². The number of hydrogen-bond acceptors (Lipinski definition) is 5. The number of aliphatic imine (C=N–C) groups is 1. The van der Waals surface area contributed by atoms with E-state index in [-0.39, 0.29) is 12.3 Å². The van der Waals surface area contributed by atoms with E-state index in [1.165, 1.54) is 13.2 Å². The number of nitrogens with one attached hydrogen (secondary N) is 2. The van der Waals surface area contributed by atoms with Gasteiger partial charge < -0.3 is 24.7 Å². The molecule has 27 heavy (non-hydrogen) atoms. The Bertz CT molecular complexity index is 751. The van der Waals surface area contributed by atoms with Crippen molar-refractivity contribution in [2.24, 2.45) is 4.99 Å². The Morgan fingerprint density at radius 2 is 2.15 bits per heavy atom. The minimum atomic E-state index is -2.90. The van der Waals surface area contributed by atoms with E-state index in [0.717, 1.165) is 12.2 Å². The number of aromatic nitrogens is 3. The number of ether oxygens (including phenoxy) is 2. The number of guanidine groups is 1. The lowest BCUT2D eigenvalue weighted by atomic mass is 10.2. The molecule has 0 saturated carbocycles. The molecule has 0 atom stereocenters. The summed E-state index contributed by atoms with van der Waals surface area (Å²) in [6.45, 7) is 0.637. The highest BCUT2D eigenvalue weighted by Gasteiger charge is 2.11. The molecule has 1 aromatic heterocycles. The minimum Gasteiger partial charge on any atom is -0.497 e. The van der Waals surface area contributed by atoms with Gasteiger partial charge in [-0.05, 0) is 18.2 Å². The van der Waals surface area contributed by atoms with Crippen molar-refractivity contribution in [2.75, 3.05) is 20.7 Å². The van der Waals surface area contributed by atoms with Crippen molar-refractivity contribution in [3.05, 3.63) is 35.9 Å². The standard InChI is InChI=1S/C17H24F2N6O2/c1-4-15-24-23-11-25(15)8-7-21-17(20-2)22-10-12-9-13(26-3)5-6-14(12)27-16(18)19/h5-6,9,11,16H,4,7-8,10H2,1-3H3,(H2,20,21,22). The summed E-state index contributed by atoms with van der Waals surface area (Å²) >= 11 is 0. The number of methoxy groups -OCH3 is 1. The maximum Gasteiger partial charge on any atom is 0.387 e. The van der Waals surface area contributed by atoms with Gasteiger partial charge in [0.05, 0.1) is 7.11 Å². The van der Waals surface area contributed by atoms with Gasteiger partial charge in [0.25, 0.3) is 0 Å². The first kappa shape index (κ1) is 20.4. The Balaban J connectivity index is 1.93. The van der Waals surface area contributed by atoms with Crippen molar-refractivity contribution in [3.63, 3.8) is 0 Å². The normalized spacial score (nSPS) is 11.6. The van der Waals surface area contributed by atoms with Crippen molar-refractivity contribution in [1.82, 2.24) is 25.4 Å². The van der Waals surface area contributed by atoms with Crippen LogP contribution < -0.4 is 20.1 Å². The van der Waals surface area contributed by atoms with E-state index in [1.807, 2.05) is 11.5 Å². The number of rotatable bonds is 9. The van der Waals surface area contributed by atoms with E-state index in [1.54, 1.807) is 25.5 Å². The first-order valence-corrected chi connectivity index (χ1v) is 8.50. The van der Waals surface area contributed by atoms with Gasteiger partial charge in [-0.2, -0.15) is 8.78 Å². The second-order valence-corrected chi connectivity index (χ2v) is 5.50. The van der Waals surface area contributed by atoms with Crippen molar-refractivity contribution in [3.8, 4) is 11.5 Å². The third-order valence-electron chi connectivity index (χ3n) is 3.81. The summed E-state index contributed by atoms with van der Waals surface area (Å²) in [6, 6.07) is 4.66. The van der Waals surface area contributed by atoms with Crippen LogP contribution in [-0.2, 0) is 19.5 Å². The molecule has 148 valence electrons. The number of hydrogen-bond donors (Lipinski definition) is 2. The van der Waals surface area contributed by atoms with E-state index in [2.05, 4.69) is 30.6 Å². The first-order chi connectivity index (χ1) is 13.1. The molecule has 10 heteroatoms. The number of aryl methyl sites for hydroxylation is 1. The third kappa shape index (κ3) is 6.08. The molecule has 0 aliphatic rings. The van der Waals surface area contributed by atoms with E-state index in [9.17, 15) is 8.78 Å². The summed E-state index contributed by atoms with van der Waals surface area (Å²) < 4.78 is 36.8. The predicted octanol–water partition coefficient (Wildman–Crippen LogP) is 1.82. The lowest BCUT2D eigenvalue weighted by Crippen LogP contribution is -2.38. The maximum atomic E-state index is 12.6. The molecule has 1 aromatic carbocycles. The fourth-order valence-corrected chi connectivity index (χ4v) is 2.47. The van der Waals surface area contributed by atoms with Crippen LogP contribution in [0.15, 0.2) is 29.5 Å². The fourth-order valence-electron chi connectivity index (χ4n) is 2.47. The molecule has 0 amide bonds. The predicted molar refractivity (Wildman–Crippen MR) is 97.2 cm³/mol. The topological polar surface area (TPSA) is 85.6 Å². The molecule has 0 fully saturated rings. The van der Waals surface area contributed by atoms with Crippen molar-refractivity contribution < 1.29 is 18.3 Å². The molecule has 1 heterocycles. The minimum absolute atomic E-state index is 0.0887. The van der Waals surface area contributed by atoms with Gasteiger partial charge in [-0.1, -0.05) is 6.92 Å². The molecular weight excluding hydrogens is 358 g/mol. The van der Waals surface area contributed by atoms with Gasteiger partial charge in [0, 0.05) is 38.7 Å². The van der Waals surface area contributed by atoms with E-state index in [4.69, 9.17) is 4.74 Å². The SMILES string of the molecule is CCc1nncn1CCNC(=NC)NCc1cc(OC)ccc1OC(F)F. The highest BCUT2D eigenvalue weighted by Crippen LogP contribution is 2.25. The van der Waals surface area contributed by atoms with Gasteiger partial charge in [-0.15, -0.1) is 10.2 Å².